The van der Waals surface area contributed by atoms with Gasteiger partial charge in [-0.3, -0.25) is 4.79 Å². The molecule has 2 unspecified atom stereocenters. The smallest absolute Gasteiger partial charge is 0.429 e. The molecule has 1 aliphatic heterocycles. The predicted molar refractivity (Wildman–Crippen MR) is 133 cm³/mol. The molecule has 0 fully saturated rings. The normalized spacial score (nSPS) is 20.0. The maximum Gasteiger partial charge on any atom is 0.429 e. The van der Waals surface area contributed by atoms with Crippen molar-refractivity contribution in [2.75, 3.05) is 18.9 Å². The van der Waals surface area contributed by atoms with Crippen LogP contribution >= 0.6 is 11.6 Å². The van der Waals surface area contributed by atoms with Crippen LogP contribution in [0, 0.1) is 11.8 Å². The number of anilines is 1. The Labute approximate surface area is 217 Å². The molecule has 37 heavy (non-hydrogen) atoms. The molecule has 1 aromatic heterocycles. The lowest BCUT2D eigenvalue weighted by Crippen LogP contribution is -2.28. The second-order valence-corrected chi connectivity index (χ2v) is 9.62. The van der Waals surface area contributed by atoms with Crippen LogP contribution in [-0.4, -0.2) is 40.4 Å². The van der Waals surface area contributed by atoms with Crippen molar-refractivity contribution in [3.63, 3.8) is 0 Å². The fourth-order valence-corrected chi connectivity index (χ4v) is 4.79. The van der Waals surface area contributed by atoms with Crippen molar-refractivity contribution in [2.45, 2.75) is 44.9 Å². The summed E-state index contributed by atoms with van der Waals surface area (Å²) < 4.78 is 53.9. The van der Waals surface area contributed by atoms with Gasteiger partial charge in [-0.15, -0.1) is 0 Å². The first-order chi connectivity index (χ1) is 17.5. The molecule has 3 atom stereocenters. The monoisotopic (exact) mass is 537 g/mol. The highest BCUT2D eigenvalue weighted by molar-refractivity contribution is 6.30. The fraction of sp³-hybridized carbons (Fsp3) is 0.423. The van der Waals surface area contributed by atoms with E-state index in [1.54, 1.807) is 6.92 Å². The largest absolute Gasteiger partial charge is 0.481 e. The minimum absolute atomic E-state index is 0.0350. The molecule has 0 saturated heterocycles. The Morgan fingerprint density at radius 2 is 2.03 bits per heavy atom. The zero-order chi connectivity index (χ0) is 26.7. The van der Waals surface area contributed by atoms with Crippen LogP contribution < -0.4 is 10.5 Å². The number of nitrogens with two attached hydrogens (primary N) is 1. The lowest BCUT2D eigenvalue weighted by Gasteiger charge is -2.26. The van der Waals surface area contributed by atoms with Gasteiger partial charge in [0.05, 0.1) is 24.8 Å². The van der Waals surface area contributed by atoms with Crippen LogP contribution in [0.4, 0.5) is 19.1 Å². The molecule has 0 radical (unpaired) electrons. The molecule has 4 rings (SSSR count). The van der Waals surface area contributed by atoms with Crippen molar-refractivity contribution in [3.05, 3.63) is 58.3 Å². The van der Waals surface area contributed by atoms with Crippen LogP contribution in [-0.2, 0) is 9.53 Å². The number of nitrogens with zero attached hydrogens (tertiary/aromatic N) is 2. The van der Waals surface area contributed by atoms with Gasteiger partial charge in [0, 0.05) is 16.7 Å². The van der Waals surface area contributed by atoms with Crippen molar-refractivity contribution in [1.29, 1.82) is 0 Å². The van der Waals surface area contributed by atoms with E-state index in [9.17, 15) is 23.1 Å². The number of aromatic nitrogens is 2. The van der Waals surface area contributed by atoms with Crippen molar-refractivity contribution >= 4 is 34.7 Å². The number of benzene rings is 1. The standard InChI is InChI=1S/C26H27ClF3N3O4/c1-14(24(34)35)15-4-6-16(7-5-15)21-12-22(33-25(31)32-21)37-23(26(28,29)30)19-9-8-18(27)11-20(19)17-3-2-10-36-13-17/h3,6,8-9,11-12,14-15,23H,2,4-5,7,10,13H2,1H3,(H,34,35)(H2,31,32,33)/t14?,15?,23-/m1/s1. The van der Waals surface area contributed by atoms with Gasteiger partial charge in [0.15, 0.2) is 0 Å². The van der Waals surface area contributed by atoms with Gasteiger partial charge in [-0.25, -0.2) is 4.98 Å². The third-order valence-corrected chi connectivity index (χ3v) is 6.92. The summed E-state index contributed by atoms with van der Waals surface area (Å²) >= 11 is 6.12. The minimum Gasteiger partial charge on any atom is -0.481 e. The van der Waals surface area contributed by atoms with E-state index >= 15 is 0 Å². The van der Waals surface area contributed by atoms with Gasteiger partial charge in [-0.05, 0) is 60.4 Å². The highest BCUT2D eigenvalue weighted by Crippen LogP contribution is 2.41. The molecule has 0 saturated carbocycles. The fourth-order valence-electron chi connectivity index (χ4n) is 4.62. The molecule has 2 aliphatic rings. The van der Waals surface area contributed by atoms with E-state index in [1.165, 1.54) is 24.3 Å². The van der Waals surface area contributed by atoms with E-state index in [0.717, 1.165) is 5.57 Å². The van der Waals surface area contributed by atoms with Crippen molar-refractivity contribution in [1.82, 2.24) is 9.97 Å². The van der Waals surface area contributed by atoms with E-state index in [-0.39, 0.29) is 29.9 Å². The van der Waals surface area contributed by atoms with E-state index < -0.39 is 24.2 Å². The molecule has 1 aliphatic carbocycles. The molecule has 7 nitrogen and oxygen atoms in total. The van der Waals surface area contributed by atoms with Gasteiger partial charge in [-0.1, -0.05) is 36.7 Å². The zero-order valence-electron chi connectivity index (χ0n) is 20.1. The summed E-state index contributed by atoms with van der Waals surface area (Å²) in [4.78, 5) is 19.4. The van der Waals surface area contributed by atoms with E-state index in [0.29, 0.717) is 54.1 Å². The van der Waals surface area contributed by atoms with Crippen molar-refractivity contribution in [2.24, 2.45) is 11.8 Å². The van der Waals surface area contributed by atoms with Crippen LogP contribution in [0.3, 0.4) is 0 Å². The predicted octanol–water partition coefficient (Wildman–Crippen LogP) is 6.10. The number of rotatable bonds is 7. The molecule has 1 aromatic carbocycles. The topological polar surface area (TPSA) is 108 Å². The number of halogens is 4. The number of hydrogen-bond acceptors (Lipinski definition) is 6. The van der Waals surface area contributed by atoms with Crippen LogP contribution in [0.5, 0.6) is 5.88 Å². The summed E-state index contributed by atoms with van der Waals surface area (Å²) in [5.74, 6) is -1.94. The zero-order valence-corrected chi connectivity index (χ0v) is 20.9. The number of ether oxygens (including phenoxy) is 2. The van der Waals surface area contributed by atoms with Crippen LogP contribution in [0.2, 0.25) is 5.02 Å². The lowest BCUT2D eigenvalue weighted by atomic mass is 9.81. The molecule has 0 bridgehead atoms. The average molecular weight is 538 g/mol. The Kier molecular flexibility index (Phi) is 8.08. The SMILES string of the molecule is CC(C(=O)O)C1CC=C(c2cc(O[C@H](c3ccc(Cl)cc3C3=CCCOC3)C(F)(F)F)nc(N)n2)CC1. The first-order valence-corrected chi connectivity index (χ1v) is 12.3. The quantitative estimate of drug-likeness (QED) is 0.439. The average Bonchev–Trinajstić information content (AvgIpc) is 2.86. The van der Waals surface area contributed by atoms with E-state index in [1.807, 2.05) is 12.2 Å². The van der Waals surface area contributed by atoms with E-state index in [2.05, 4.69) is 9.97 Å². The first-order valence-electron chi connectivity index (χ1n) is 11.9. The van der Waals surface area contributed by atoms with Gasteiger partial charge in [0.1, 0.15) is 0 Å². The molecule has 11 heteroatoms. The molecule has 3 N–H and O–H groups in total. The number of hydrogen-bond donors (Lipinski definition) is 2. The molecule has 198 valence electrons. The van der Waals surface area contributed by atoms with Crippen LogP contribution in [0.1, 0.15) is 55.5 Å². The number of carboxylic acid groups (broad SMARTS) is 1. The van der Waals surface area contributed by atoms with E-state index in [4.69, 9.17) is 26.8 Å². The second kappa shape index (κ2) is 11.1. The molecule has 0 amide bonds. The second-order valence-electron chi connectivity index (χ2n) is 9.18. The van der Waals surface area contributed by atoms with Crippen molar-refractivity contribution in [3.8, 4) is 5.88 Å². The molecule has 0 spiro atoms. The Hall–Kier alpha value is -3.11. The summed E-state index contributed by atoms with van der Waals surface area (Å²) in [5.41, 5.74) is 7.73. The molecular weight excluding hydrogens is 511 g/mol. The number of carboxylic acids is 1. The third kappa shape index (κ3) is 6.42. The molecule has 2 aromatic rings. The van der Waals surface area contributed by atoms with Gasteiger partial charge >= 0.3 is 12.1 Å². The Bertz CT molecular complexity index is 1230. The third-order valence-electron chi connectivity index (χ3n) is 6.69. The Morgan fingerprint density at radius 1 is 1.24 bits per heavy atom. The highest BCUT2D eigenvalue weighted by atomic mass is 35.5. The van der Waals surface area contributed by atoms with Gasteiger partial charge in [0.25, 0.3) is 0 Å². The number of carbonyl (C=O) groups is 1. The Balaban J connectivity index is 1.66. The maximum absolute atomic E-state index is 14.3. The maximum atomic E-state index is 14.3. The number of aliphatic carboxylic acids is 1. The summed E-state index contributed by atoms with van der Waals surface area (Å²) in [6.07, 6.45) is -1.22. The van der Waals surface area contributed by atoms with Gasteiger partial charge in [-0.2, -0.15) is 18.2 Å². The lowest BCUT2D eigenvalue weighted by molar-refractivity contribution is -0.198. The van der Waals surface area contributed by atoms with Gasteiger partial charge < -0.3 is 20.3 Å². The number of alkyl halides is 3. The summed E-state index contributed by atoms with van der Waals surface area (Å²) in [7, 11) is 0. The summed E-state index contributed by atoms with van der Waals surface area (Å²) in [6, 6.07) is 5.49. The number of allylic oxidation sites excluding steroid dienone is 2. The summed E-state index contributed by atoms with van der Waals surface area (Å²) in [6.45, 7) is 2.32. The van der Waals surface area contributed by atoms with Gasteiger partial charge in [0.2, 0.25) is 17.9 Å². The van der Waals surface area contributed by atoms with Crippen LogP contribution in [0.15, 0.2) is 36.4 Å². The first kappa shape index (κ1) is 26.9. The summed E-state index contributed by atoms with van der Waals surface area (Å²) in [5, 5.41) is 9.56. The molecule has 2 heterocycles. The van der Waals surface area contributed by atoms with Crippen molar-refractivity contribution < 1.29 is 32.5 Å². The number of nitrogen functional groups attached to an aromatic ring is 1. The Morgan fingerprint density at radius 3 is 2.65 bits per heavy atom. The minimum atomic E-state index is -4.77. The van der Waals surface area contributed by atoms with Crippen LogP contribution in [0.25, 0.3) is 11.1 Å². The highest BCUT2D eigenvalue weighted by Gasteiger charge is 2.45. The molecular formula is C26H27ClF3N3O4.